The van der Waals surface area contributed by atoms with Crippen LogP contribution in [0.5, 0.6) is 0 Å². The van der Waals surface area contributed by atoms with Gasteiger partial charge in [-0.2, -0.15) is 0 Å². The van der Waals surface area contributed by atoms with E-state index in [4.69, 9.17) is 5.73 Å². The highest BCUT2D eigenvalue weighted by molar-refractivity contribution is 5.94. The number of carbonyl (C=O) groups excluding carboxylic acids is 1. The first kappa shape index (κ1) is 12.3. The van der Waals surface area contributed by atoms with Crippen LogP contribution in [-0.4, -0.2) is 11.9 Å². The fourth-order valence-electron chi connectivity index (χ4n) is 1.72. The number of carbonyl (C=O) groups is 1. The molecule has 0 saturated carbocycles. The molecule has 0 saturated heterocycles. The zero-order valence-electron chi connectivity index (χ0n) is 10.0. The van der Waals surface area contributed by atoms with Crippen LogP contribution in [0.15, 0.2) is 60.7 Å². The second-order valence-electron chi connectivity index (χ2n) is 4.15. The maximum absolute atomic E-state index is 11.9. The molecule has 0 spiro atoms. The van der Waals surface area contributed by atoms with Gasteiger partial charge in [-0.15, -0.1) is 0 Å². The normalized spacial score (nSPS) is 11.8. The van der Waals surface area contributed by atoms with Gasteiger partial charge in [-0.25, -0.2) is 0 Å². The molecule has 1 atom stereocenters. The molecular weight excluding hydrogens is 224 g/mol. The summed E-state index contributed by atoms with van der Waals surface area (Å²) < 4.78 is 0. The van der Waals surface area contributed by atoms with Crippen LogP contribution in [0.1, 0.15) is 5.56 Å². The topological polar surface area (TPSA) is 55.1 Å². The van der Waals surface area contributed by atoms with Gasteiger partial charge in [-0.3, -0.25) is 4.79 Å². The maximum atomic E-state index is 11.9. The van der Waals surface area contributed by atoms with Gasteiger partial charge in [0.05, 0.1) is 6.04 Å². The minimum atomic E-state index is -0.535. The van der Waals surface area contributed by atoms with Crippen molar-refractivity contribution >= 4 is 11.6 Å². The van der Waals surface area contributed by atoms with E-state index in [9.17, 15) is 4.79 Å². The first-order valence-corrected chi connectivity index (χ1v) is 5.91. The van der Waals surface area contributed by atoms with Crippen molar-refractivity contribution < 1.29 is 4.79 Å². The van der Waals surface area contributed by atoms with Gasteiger partial charge in [-0.1, -0.05) is 48.5 Å². The Morgan fingerprint density at radius 2 is 1.56 bits per heavy atom. The molecule has 0 aliphatic carbocycles. The van der Waals surface area contributed by atoms with Crippen molar-refractivity contribution in [2.75, 3.05) is 5.32 Å². The van der Waals surface area contributed by atoms with Crippen molar-refractivity contribution in [1.29, 1.82) is 0 Å². The number of hydrogen-bond donors (Lipinski definition) is 2. The van der Waals surface area contributed by atoms with Gasteiger partial charge in [0.1, 0.15) is 0 Å². The Balaban J connectivity index is 1.93. The van der Waals surface area contributed by atoms with E-state index in [1.165, 1.54) is 0 Å². The average Bonchev–Trinajstić information content (AvgIpc) is 2.41. The van der Waals surface area contributed by atoms with E-state index in [0.29, 0.717) is 6.42 Å². The van der Waals surface area contributed by atoms with Crippen molar-refractivity contribution in [3.8, 4) is 0 Å². The third-order valence-electron chi connectivity index (χ3n) is 2.68. The average molecular weight is 240 g/mol. The molecule has 0 aliphatic heterocycles. The summed E-state index contributed by atoms with van der Waals surface area (Å²) in [6.45, 7) is 0. The molecule has 3 nitrogen and oxygen atoms in total. The van der Waals surface area contributed by atoms with Crippen LogP contribution in [0.25, 0.3) is 0 Å². The third-order valence-corrected chi connectivity index (χ3v) is 2.68. The first-order chi connectivity index (χ1) is 8.75. The van der Waals surface area contributed by atoms with Crippen LogP contribution < -0.4 is 11.1 Å². The van der Waals surface area contributed by atoms with E-state index in [-0.39, 0.29) is 5.91 Å². The Labute approximate surface area is 107 Å². The molecule has 0 aliphatic rings. The van der Waals surface area contributed by atoms with Crippen molar-refractivity contribution in [2.45, 2.75) is 12.5 Å². The van der Waals surface area contributed by atoms with E-state index < -0.39 is 6.04 Å². The highest BCUT2D eigenvalue weighted by Gasteiger charge is 2.13. The Bertz CT molecular complexity index is 496. The number of benzene rings is 2. The van der Waals surface area contributed by atoms with Crippen molar-refractivity contribution in [2.24, 2.45) is 5.73 Å². The van der Waals surface area contributed by atoms with Crippen LogP contribution in [0, 0.1) is 0 Å². The van der Waals surface area contributed by atoms with Crippen molar-refractivity contribution in [1.82, 2.24) is 0 Å². The fraction of sp³-hybridized carbons (Fsp3) is 0.133. The summed E-state index contributed by atoms with van der Waals surface area (Å²) in [7, 11) is 0. The van der Waals surface area contributed by atoms with Gasteiger partial charge in [0.25, 0.3) is 0 Å². The minimum absolute atomic E-state index is 0.162. The van der Waals surface area contributed by atoms with Gasteiger partial charge in [0, 0.05) is 5.69 Å². The first-order valence-electron chi connectivity index (χ1n) is 5.91. The zero-order chi connectivity index (χ0) is 12.8. The predicted molar refractivity (Wildman–Crippen MR) is 73.2 cm³/mol. The van der Waals surface area contributed by atoms with Crippen molar-refractivity contribution in [3.05, 3.63) is 66.2 Å². The highest BCUT2D eigenvalue weighted by atomic mass is 16.2. The number of nitrogens with one attached hydrogen (secondary N) is 1. The lowest BCUT2D eigenvalue weighted by Gasteiger charge is -2.12. The number of nitrogens with two attached hydrogens (primary N) is 1. The number of anilines is 1. The third kappa shape index (κ3) is 3.43. The Hall–Kier alpha value is -2.13. The summed E-state index contributed by atoms with van der Waals surface area (Å²) in [6, 6.07) is 18.6. The number of amides is 1. The summed E-state index contributed by atoms with van der Waals surface area (Å²) in [6.07, 6.45) is 0.541. The van der Waals surface area contributed by atoms with Crippen LogP contribution in [0.4, 0.5) is 5.69 Å². The summed E-state index contributed by atoms with van der Waals surface area (Å²) in [5, 5.41) is 2.80. The van der Waals surface area contributed by atoms with Crippen LogP contribution >= 0.6 is 0 Å². The molecule has 1 amide bonds. The second-order valence-corrected chi connectivity index (χ2v) is 4.15. The van der Waals surface area contributed by atoms with Crippen LogP contribution in [0.3, 0.4) is 0 Å². The standard InChI is InChI=1S/C15H16N2O/c16-14(11-12-7-3-1-4-8-12)15(18)17-13-9-5-2-6-10-13/h1-10,14H,11,16H2,(H,17,18)/t14-/m1/s1. The lowest BCUT2D eigenvalue weighted by atomic mass is 10.1. The molecule has 0 unspecified atom stereocenters. The fourth-order valence-corrected chi connectivity index (χ4v) is 1.72. The number of hydrogen-bond acceptors (Lipinski definition) is 2. The van der Waals surface area contributed by atoms with Gasteiger partial charge in [0.2, 0.25) is 5.91 Å². The Kier molecular flexibility index (Phi) is 4.10. The molecular formula is C15H16N2O. The van der Waals surface area contributed by atoms with E-state index in [0.717, 1.165) is 11.3 Å². The van der Waals surface area contributed by atoms with Gasteiger partial charge in [-0.05, 0) is 24.1 Å². The summed E-state index contributed by atoms with van der Waals surface area (Å²) in [5.41, 5.74) is 7.72. The van der Waals surface area contributed by atoms with E-state index in [2.05, 4.69) is 5.32 Å². The molecule has 0 bridgehead atoms. The number of para-hydroxylation sites is 1. The summed E-state index contributed by atoms with van der Waals surface area (Å²) in [4.78, 5) is 11.9. The molecule has 0 radical (unpaired) electrons. The SMILES string of the molecule is N[C@H](Cc1ccccc1)C(=O)Nc1ccccc1. The molecule has 92 valence electrons. The molecule has 3 N–H and O–H groups in total. The quantitative estimate of drug-likeness (QED) is 0.860. The molecule has 2 aromatic rings. The van der Waals surface area contributed by atoms with Crippen LogP contribution in [-0.2, 0) is 11.2 Å². The van der Waals surface area contributed by atoms with Gasteiger partial charge < -0.3 is 11.1 Å². The summed E-state index contributed by atoms with van der Waals surface area (Å²) >= 11 is 0. The highest BCUT2D eigenvalue weighted by Crippen LogP contribution is 2.07. The van der Waals surface area contributed by atoms with E-state index in [1.54, 1.807) is 0 Å². The molecule has 0 heterocycles. The second kappa shape index (κ2) is 5.98. The monoisotopic (exact) mass is 240 g/mol. The predicted octanol–water partition coefficient (Wildman–Crippen LogP) is 2.20. The lowest BCUT2D eigenvalue weighted by molar-refractivity contribution is -0.117. The smallest absolute Gasteiger partial charge is 0.241 e. The van der Waals surface area contributed by atoms with E-state index >= 15 is 0 Å². The van der Waals surface area contributed by atoms with Gasteiger partial charge in [0.15, 0.2) is 0 Å². The molecule has 2 rings (SSSR count). The molecule has 3 heteroatoms. The maximum Gasteiger partial charge on any atom is 0.241 e. The lowest BCUT2D eigenvalue weighted by Crippen LogP contribution is -2.37. The van der Waals surface area contributed by atoms with Crippen LogP contribution in [0.2, 0.25) is 0 Å². The molecule has 2 aromatic carbocycles. The van der Waals surface area contributed by atoms with E-state index in [1.807, 2.05) is 60.7 Å². The Morgan fingerprint density at radius 1 is 1.00 bits per heavy atom. The zero-order valence-corrected chi connectivity index (χ0v) is 10.0. The minimum Gasteiger partial charge on any atom is -0.325 e. The molecule has 0 fully saturated rings. The van der Waals surface area contributed by atoms with Crippen molar-refractivity contribution in [3.63, 3.8) is 0 Å². The number of rotatable bonds is 4. The van der Waals surface area contributed by atoms with Gasteiger partial charge >= 0.3 is 0 Å². The Morgan fingerprint density at radius 3 is 2.17 bits per heavy atom. The molecule has 0 aromatic heterocycles. The largest absolute Gasteiger partial charge is 0.325 e. The molecule has 18 heavy (non-hydrogen) atoms. The summed E-state index contributed by atoms with van der Waals surface area (Å²) in [5.74, 6) is -0.162.